The van der Waals surface area contributed by atoms with Gasteiger partial charge in [0.15, 0.2) is 0 Å². The first-order valence-electron chi connectivity index (χ1n) is 7.31. The molecule has 0 aromatic heterocycles. The molecule has 1 saturated carbocycles. The average Bonchev–Trinajstić information content (AvgIpc) is 2.24. The first kappa shape index (κ1) is 15.0. The van der Waals surface area contributed by atoms with E-state index in [4.69, 9.17) is 0 Å². The van der Waals surface area contributed by atoms with E-state index in [1.807, 2.05) is 0 Å². The van der Waals surface area contributed by atoms with E-state index in [1.165, 1.54) is 32.4 Å². The Morgan fingerprint density at radius 2 is 2.00 bits per heavy atom. The third kappa shape index (κ3) is 4.26. The van der Waals surface area contributed by atoms with E-state index in [-0.39, 0.29) is 0 Å². The lowest BCUT2D eigenvalue weighted by Gasteiger charge is -2.46. The quantitative estimate of drug-likeness (QED) is 0.794. The number of nitrogens with zero attached hydrogens (tertiary/aromatic N) is 1. The summed E-state index contributed by atoms with van der Waals surface area (Å²) in [4.78, 5) is 2.69. The van der Waals surface area contributed by atoms with Crippen molar-refractivity contribution < 1.29 is 0 Å². The Labute approximate surface area is 108 Å². The molecule has 0 aromatic carbocycles. The molecule has 0 heterocycles. The van der Waals surface area contributed by atoms with E-state index >= 15 is 0 Å². The molecule has 0 amide bonds. The van der Waals surface area contributed by atoms with Gasteiger partial charge < -0.3 is 5.32 Å². The summed E-state index contributed by atoms with van der Waals surface area (Å²) in [6, 6.07) is 1.40. The van der Waals surface area contributed by atoms with Crippen molar-refractivity contribution in [1.29, 1.82) is 0 Å². The highest BCUT2D eigenvalue weighted by molar-refractivity contribution is 4.93. The Morgan fingerprint density at radius 1 is 1.35 bits per heavy atom. The highest BCUT2D eigenvalue weighted by Crippen LogP contribution is 2.37. The number of hydrogen-bond donors (Lipinski definition) is 1. The number of nitrogens with one attached hydrogen (secondary N) is 1. The minimum Gasteiger partial charge on any atom is -0.315 e. The van der Waals surface area contributed by atoms with Crippen LogP contribution in [0.1, 0.15) is 53.9 Å². The summed E-state index contributed by atoms with van der Waals surface area (Å²) in [5.41, 5.74) is 0.516. The van der Waals surface area contributed by atoms with Gasteiger partial charge in [0.1, 0.15) is 0 Å². The van der Waals surface area contributed by atoms with Crippen LogP contribution in [0.25, 0.3) is 0 Å². The van der Waals surface area contributed by atoms with Crippen LogP contribution in [0.5, 0.6) is 0 Å². The van der Waals surface area contributed by atoms with Gasteiger partial charge in [-0.3, -0.25) is 4.90 Å². The lowest BCUT2D eigenvalue weighted by Crippen LogP contribution is -2.54. The Bertz CT molecular complexity index is 223. The molecule has 2 heteroatoms. The van der Waals surface area contributed by atoms with Gasteiger partial charge in [-0.05, 0) is 44.2 Å². The summed E-state index contributed by atoms with van der Waals surface area (Å²) in [7, 11) is 2.12. The number of hydrogen-bond acceptors (Lipinski definition) is 2. The third-order valence-corrected chi connectivity index (χ3v) is 4.20. The molecular weight excluding hydrogens is 208 g/mol. The fourth-order valence-corrected chi connectivity index (χ4v) is 3.24. The van der Waals surface area contributed by atoms with Gasteiger partial charge in [-0.1, -0.05) is 34.6 Å². The molecular formula is C15H32N2. The summed E-state index contributed by atoms with van der Waals surface area (Å²) in [5.74, 6) is 0.762. The smallest absolute Gasteiger partial charge is 0.0254 e. The highest BCUT2D eigenvalue weighted by Gasteiger charge is 2.36. The molecule has 17 heavy (non-hydrogen) atoms. The van der Waals surface area contributed by atoms with Gasteiger partial charge in [0, 0.05) is 18.6 Å². The third-order valence-electron chi connectivity index (χ3n) is 4.20. The molecule has 1 rings (SSSR count). The van der Waals surface area contributed by atoms with Crippen LogP contribution in [0.3, 0.4) is 0 Å². The fraction of sp³-hybridized carbons (Fsp3) is 1.00. The Morgan fingerprint density at radius 3 is 2.47 bits per heavy atom. The second-order valence-corrected chi connectivity index (χ2v) is 6.85. The molecule has 102 valence electrons. The SMILES string of the molecule is CCN(CC(C)C)C1CC(C)(C)CCC1NC. The van der Waals surface area contributed by atoms with Crippen LogP contribution in [0.15, 0.2) is 0 Å². The fourth-order valence-electron chi connectivity index (χ4n) is 3.24. The van der Waals surface area contributed by atoms with E-state index in [9.17, 15) is 0 Å². The molecule has 2 nitrogen and oxygen atoms in total. The second-order valence-electron chi connectivity index (χ2n) is 6.85. The van der Waals surface area contributed by atoms with E-state index in [1.54, 1.807) is 0 Å². The summed E-state index contributed by atoms with van der Waals surface area (Å²) in [6.45, 7) is 14.2. The van der Waals surface area contributed by atoms with E-state index in [0.29, 0.717) is 11.5 Å². The summed E-state index contributed by atoms with van der Waals surface area (Å²) in [6.07, 6.45) is 4.01. The molecule has 2 unspecified atom stereocenters. The summed E-state index contributed by atoms with van der Waals surface area (Å²) < 4.78 is 0. The minimum atomic E-state index is 0.516. The maximum Gasteiger partial charge on any atom is 0.0254 e. The minimum absolute atomic E-state index is 0.516. The van der Waals surface area contributed by atoms with Crippen LogP contribution < -0.4 is 5.32 Å². The predicted molar refractivity (Wildman–Crippen MR) is 76.4 cm³/mol. The molecule has 2 atom stereocenters. The molecule has 1 aliphatic rings. The highest BCUT2D eigenvalue weighted by atomic mass is 15.2. The number of likely N-dealkylation sites (N-methyl/N-ethyl adjacent to an activating group) is 2. The Hall–Kier alpha value is -0.0800. The molecule has 0 aromatic rings. The standard InChI is InChI=1S/C15H32N2/c1-7-17(11-12(2)3)14-10-15(4,5)9-8-13(14)16-6/h12-14,16H,7-11H2,1-6H3. The maximum atomic E-state index is 3.54. The van der Waals surface area contributed by atoms with Crippen molar-refractivity contribution >= 4 is 0 Å². The van der Waals surface area contributed by atoms with Crippen LogP contribution in [0, 0.1) is 11.3 Å². The van der Waals surface area contributed by atoms with Gasteiger partial charge in [0.25, 0.3) is 0 Å². The summed E-state index contributed by atoms with van der Waals surface area (Å²) >= 11 is 0. The second kappa shape index (κ2) is 6.19. The van der Waals surface area contributed by atoms with Crippen LogP contribution in [0.4, 0.5) is 0 Å². The van der Waals surface area contributed by atoms with Gasteiger partial charge in [-0.25, -0.2) is 0 Å². The molecule has 0 bridgehead atoms. The van der Waals surface area contributed by atoms with Crippen LogP contribution in [0.2, 0.25) is 0 Å². The molecule has 0 spiro atoms. The normalized spacial score (nSPS) is 28.9. The molecule has 0 aliphatic heterocycles. The van der Waals surface area contributed by atoms with E-state index in [2.05, 4.69) is 51.9 Å². The summed E-state index contributed by atoms with van der Waals surface area (Å²) in [5, 5.41) is 3.54. The van der Waals surface area contributed by atoms with Gasteiger partial charge in [0.2, 0.25) is 0 Å². The molecule has 1 fully saturated rings. The van der Waals surface area contributed by atoms with E-state index < -0.39 is 0 Å². The molecule has 0 radical (unpaired) electrons. The predicted octanol–water partition coefficient (Wildman–Crippen LogP) is 3.13. The van der Waals surface area contributed by atoms with Crippen molar-refractivity contribution in [3.8, 4) is 0 Å². The lowest BCUT2D eigenvalue weighted by molar-refractivity contribution is 0.0633. The van der Waals surface area contributed by atoms with Crippen molar-refractivity contribution in [2.75, 3.05) is 20.1 Å². The molecule has 1 aliphatic carbocycles. The zero-order chi connectivity index (χ0) is 13.1. The van der Waals surface area contributed by atoms with Crippen molar-refractivity contribution in [1.82, 2.24) is 10.2 Å². The molecule has 1 N–H and O–H groups in total. The first-order valence-corrected chi connectivity index (χ1v) is 7.31. The van der Waals surface area contributed by atoms with Crippen LogP contribution >= 0.6 is 0 Å². The Balaban J connectivity index is 2.73. The van der Waals surface area contributed by atoms with Gasteiger partial charge in [0.05, 0.1) is 0 Å². The van der Waals surface area contributed by atoms with Crippen molar-refractivity contribution in [3.05, 3.63) is 0 Å². The van der Waals surface area contributed by atoms with Gasteiger partial charge in [-0.15, -0.1) is 0 Å². The zero-order valence-electron chi connectivity index (χ0n) is 12.7. The molecule has 0 saturated heterocycles. The van der Waals surface area contributed by atoms with Crippen molar-refractivity contribution in [2.45, 2.75) is 66.0 Å². The average molecular weight is 240 g/mol. The topological polar surface area (TPSA) is 15.3 Å². The Kier molecular flexibility index (Phi) is 5.46. The van der Waals surface area contributed by atoms with Crippen molar-refractivity contribution in [2.24, 2.45) is 11.3 Å². The number of rotatable bonds is 5. The van der Waals surface area contributed by atoms with Gasteiger partial charge in [-0.2, -0.15) is 0 Å². The maximum absolute atomic E-state index is 3.54. The van der Waals surface area contributed by atoms with Gasteiger partial charge >= 0.3 is 0 Å². The monoisotopic (exact) mass is 240 g/mol. The zero-order valence-corrected chi connectivity index (χ0v) is 12.7. The van der Waals surface area contributed by atoms with Crippen molar-refractivity contribution in [3.63, 3.8) is 0 Å². The van der Waals surface area contributed by atoms with Crippen LogP contribution in [-0.2, 0) is 0 Å². The largest absolute Gasteiger partial charge is 0.315 e. The van der Waals surface area contributed by atoms with Crippen LogP contribution in [-0.4, -0.2) is 37.1 Å². The lowest BCUT2D eigenvalue weighted by atomic mass is 9.72. The first-order chi connectivity index (χ1) is 7.89. The van der Waals surface area contributed by atoms with E-state index in [0.717, 1.165) is 12.0 Å².